The Hall–Kier alpha value is -1.89. The minimum atomic E-state index is -1.39. The van der Waals surface area contributed by atoms with Crippen molar-refractivity contribution in [2.45, 2.75) is 37.6 Å². The third-order valence-electron chi connectivity index (χ3n) is 2.99. The molecule has 0 saturated heterocycles. The molecule has 22 heavy (non-hydrogen) atoms. The van der Waals surface area contributed by atoms with Crippen LogP contribution >= 0.6 is 11.8 Å². The molecule has 0 fully saturated rings. The van der Waals surface area contributed by atoms with Crippen molar-refractivity contribution in [1.29, 1.82) is 0 Å². The minimum absolute atomic E-state index is 0.120. The van der Waals surface area contributed by atoms with Crippen LogP contribution in [0.1, 0.15) is 32.3 Å². The van der Waals surface area contributed by atoms with E-state index < -0.39 is 11.6 Å². The molecule has 2 aromatic rings. The van der Waals surface area contributed by atoms with Crippen LogP contribution in [0.3, 0.4) is 0 Å². The Morgan fingerprint density at radius 3 is 2.59 bits per heavy atom. The number of benzene rings is 1. The molecule has 1 N–H and O–H groups in total. The number of aliphatic carboxylic acids is 1. The molecule has 118 valence electrons. The first-order valence-electron chi connectivity index (χ1n) is 6.84. The van der Waals surface area contributed by atoms with Gasteiger partial charge in [0, 0.05) is 17.7 Å². The topological polar surface area (TPSA) is 76.2 Å². The van der Waals surface area contributed by atoms with Crippen LogP contribution in [0.15, 0.2) is 33.9 Å². The summed E-state index contributed by atoms with van der Waals surface area (Å²) in [7, 11) is 0. The quantitative estimate of drug-likeness (QED) is 0.615. The van der Waals surface area contributed by atoms with E-state index in [1.54, 1.807) is 24.3 Å². The molecule has 7 heteroatoms. The zero-order valence-corrected chi connectivity index (χ0v) is 13.2. The van der Waals surface area contributed by atoms with E-state index in [4.69, 9.17) is 9.52 Å². The van der Waals surface area contributed by atoms with Crippen LogP contribution in [0.4, 0.5) is 4.39 Å². The Bertz CT molecular complexity index is 635. The van der Waals surface area contributed by atoms with Crippen LogP contribution in [0, 0.1) is 0 Å². The van der Waals surface area contributed by atoms with Gasteiger partial charge in [0.2, 0.25) is 5.89 Å². The predicted molar refractivity (Wildman–Crippen MR) is 81.5 cm³/mol. The number of alkyl halides is 1. The fraction of sp³-hybridized carbons (Fsp3) is 0.400. The SMILES string of the molecule is CC(C)(F)c1ccc(-c2nnc(SCCCC(=O)O)o2)cc1. The van der Waals surface area contributed by atoms with Crippen molar-refractivity contribution in [2.24, 2.45) is 0 Å². The maximum absolute atomic E-state index is 13.8. The predicted octanol–water partition coefficient (Wildman–Crippen LogP) is 3.90. The highest BCUT2D eigenvalue weighted by Gasteiger charge is 2.19. The van der Waals surface area contributed by atoms with E-state index in [9.17, 15) is 9.18 Å². The number of rotatable bonds is 7. The van der Waals surface area contributed by atoms with E-state index in [0.717, 1.165) is 5.56 Å². The summed E-state index contributed by atoms with van der Waals surface area (Å²) in [5, 5.41) is 16.8. The second kappa shape index (κ2) is 6.91. The van der Waals surface area contributed by atoms with E-state index in [2.05, 4.69) is 10.2 Å². The Balaban J connectivity index is 1.97. The van der Waals surface area contributed by atoms with Crippen LogP contribution < -0.4 is 0 Å². The molecule has 0 amide bonds. The van der Waals surface area contributed by atoms with Crippen LogP contribution in [0.2, 0.25) is 0 Å². The number of hydrogen-bond acceptors (Lipinski definition) is 5. The summed E-state index contributed by atoms with van der Waals surface area (Å²) >= 11 is 1.32. The molecule has 1 heterocycles. The average Bonchev–Trinajstić information content (AvgIpc) is 2.91. The molecule has 0 atom stereocenters. The lowest BCUT2D eigenvalue weighted by atomic mass is 9.99. The number of halogens is 1. The first-order chi connectivity index (χ1) is 10.4. The summed E-state index contributed by atoms with van der Waals surface area (Å²) in [6.45, 7) is 3.00. The average molecular weight is 324 g/mol. The smallest absolute Gasteiger partial charge is 0.303 e. The number of carboxylic acid groups (broad SMARTS) is 1. The zero-order valence-electron chi connectivity index (χ0n) is 12.4. The van der Waals surface area contributed by atoms with Gasteiger partial charge in [-0.1, -0.05) is 23.9 Å². The number of hydrogen-bond donors (Lipinski definition) is 1. The number of carbonyl (C=O) groups is 1. The van der Waals surface area contributed by atoms with Crippen molar-refractivity contribution in [3.63, 3.8) is 0 Å². The van der Waals surface area contributed by atoms with Gasteiger partial charge >= 0.3 is 5.97 Å². The Kier molecular flexibility index (Phi) is 5.18. The van der Waals surface area contributed by atoms with Gasteiger partial charge in [0.25, 0.3) is 5.22 Å². The van der Waals surface area contributed by atoms with Crippen LogP contribution in [-0.4, -0.2) is 27.0 Å². The van der Waals surface area contributed by atoms with E-state index in [-0.39, 0.29) is 6.42 Å². The van der Waals surface area contributed by atoms with Crippen molar-refractivity contribution in [3.05, 3.63) is 29.8 Å². The molecule has 1 aromatic carbocycles. The second-order valence-corrected chi connectivity index (χ2v) is 6.31. The molecule has 5 nitrogen and oxygen atoms in total. The van der Waals surface area contributed by atoms with Crippen LogP contribution in [0.5, 0.6) is 0 Å². The number of aromatic nitrogens is 2. The second-order valence-electron chi connectivity index (χ2n) is 5.27. The van der Waals surface area contributed by atoms with E-state index in [0.29, 0.717) is 28.9 Å². The summed E-state index contributed by atoms with van der Waals surface area (Å²) < 4.78 is 19.3. The molecule has 2 rings (SSSR count). The summed E-state index contributed by atoms with van der Waals surface area (Å²) in [5.41, 5.74) is -0.0876. The van der Waals surface area contributed by atoms with Gasteiger partial charge in [-0.05, 0) is 38.0 Å². The maximum Gasteiger partial charge on any atom is 0.303 e. The van der Waals surface area contributed by atoms with E-state index >= 15 is 0 Å². The zero-order chi connectivity index (χ0) is 16.2. The highest BCUT2D eigenvalue weighted by molar-refractivity contribution is 7.99. The fourth-order valence-electron chi connectivity index (χ4n) is 1.78. The van der Waals surface area contributed by atoms with Crippen molar-refractivity contribution >= 4 is 17.7 Å². The number of carboxylic acids is 1. The lowest BCUT2D eigenvalue weighted by molar-refractivity contribution is -0.137. The summed E-state index contributed by atoms with van der Waals surface area (Å²) in [6, 6.07) is 6.87. The first kappa shape index (κ1) is 16.5. The highest BCUT2D eigenvalue weighted by atomic mass is 32.2. The summed E-state index contributed by atoms with van der Waals surface area (Å²) in [5.74, 6) is 0.148. The van der Waals surface area contributed by atoms with Gasteiger partial charge in [-0.15, -0.1) is 10.2 Å². The van der Waals surface area contributed by atoms with Gasteiger partial charge in [-0.3, -0.25) is 4.79 Å². The lowest BCUT2D eigenvalue weighted by Gasteiger charge is -2.14. The third-order valence-corrected chi connectivity index (χ3v) is 3.89. The molecule has 0 aliphatic carbocycles. The molecule has 1 aromatic heterocycles. The Morgan fingerprint density at radius 1 is 1.32 bits per heavy atom. The van der Waals surface area contributed by atoms with Crippen molar-refractivity contribution < 1.29 is 18.7 Å². The normalized spacial score (nSPS) is 11.6. The van der Waals surface area contributed by atoms with Crippen molar-refractivity contribution in [2.75, 3.05) is 5.75 Å². The summed E-state index contributed by atoms with van der Waals surface area (Å²) in [4.78, 5) is 10.4. The largest absolute Gasteiger partial charge is 0.481 e. The van der Waals surface area contributed by atoms with Gasteiger partial charge in [-0.25, -0.2) is 4.39 Å². The molecular weight excluding hydrogens is 307 g/mol. The molecule has 0 aliphatic heterocycles. The summed E-state index contributed by atoms with van der Waals surface area (Å²) in [6.07, 6.45) is 0.659. The minimum Gasteiger partial charge on any atom is -0.481 e. The van der Waals surface area contributed by atoms with Gasteiger partial charge in [0.1, 0.15) is 5.67 Å². The molecule has 0 bridgehead atoms. The molecule has 0 radical (unpaired) electrons. The lowest BCUT2D eigenvalue weighted by Crippen LogP contribution is -2.08. The maximum atomic E-state index is 13.8. The van der Waals surface area contributed by atoms with Gasteiger partial charge < -0.3 is 9.52 Å². The standard InChI is InChI=1S/C15H17FN2O3S/c1-15(2,16)11-7-5-10(6-8-11)13-17-18-14(21-13)22-9-3-4-12(19)20/h5-8H,3-4,9H2,1-2H3,(H,19,20). The van der Waals surface area contributed by atoms with Crippen molar-refractivity contribution in [3.8, 4) is 11.5 Å². The third kappa shape index (κ3) is 4.56. The fourth-order valence-corrected chi connectivity index (χ4v) is 2.48. The molecule has 0 saturated carbocycles. The molecule has 0 aliphatic rings. The van der Waals surface area contributed by atoms with Gasteiger partial charge in [-0.2, -0.15) is 0 Å². The van der Waals surface area contributed by atoms with Gasteiger partial charge in [0.15, 0.2) is 0 Å². The number of thioether (sulfide) groups is 1. The van der Waals surface area contributed by atoms with Crippen LogP contribution in [-0.2, 0) is 10.5 Å². The first-order valence-corrected chi connectivity index (χ1v) is 7.83. The molecule has 0 unspecified atom stereocenters. The number of nitrogens with zero attached hydrogens (tertiary/aromatic N) is 2. The highest BCUT2D eigenvalue weighted by Crippen LogP contribution is 2.28. The molecule has 0 spiro atoms. The van der Waals surface area contributed by atoms with Crippen LogP contribution in [0.25, 0.3) is 11.5 Å². The Labute approximate surface area is 131 Å². The Morgan fingerprint density at radius 2 is 2.00 bits per heavy atom. The van der Waals surface area contributed by atoms with Crippen molar-refractivity contribution in [1.82, 2.24) is 10.2 Å². The van der Waals surface area contributed by atoms with Gasteiger partial charge in [0.05, 0.1) is 0 Å². The van der Waals surface area contributed by atoms with E-state index in [1.807, 2.05) is 0 Å². The van der Waals surface area contributed by atoms with E-state index in [1.165, 1.54) is 25.6 Å². The molecular formula is C15H17FN2O3S. The monoisotopic (exact) mass is 324 g/mol.